The molecule has 0 aliphatic carbocycles. The van der Waals surface area contributed by atoms with Crippen molar-refractivity contribution in [1.82, 2.24) is 24.4 Å². The van der Waals surface area contributed by atoms with E-state index in [1.807, 2.05) is 6.92 Å². The minimum atomic E-state index is -0.295. The van der Waals surface area contributed by atoms with Gasteiger partial charge in [0, 0.05) is 23.2 Å². The predicted octanol–water partition coefficient (Wildman–Crippen LogP) is 3.37. The van der Waals surface area contributed by atoms with Crippen LogP contribution in [0.5, 0.6) is 17.2 Å². The summed E-state index contributed by atoms with van der Waals surface area (Å²) < 4.78 is 21.8. The van der Waals surface area contributed by atoms with Crippen molar-refractivity contribution < 1.29 is 19.0 Å². The molecule has 4 aromatic rings. The summed E-state index contributed by atoms with van der Waals surface area (Å²) >= 11 is 1.06. The van der Waals surface area contributed by atoms with E-state index >= 15 is 0 Å². The quantitative estimate of drug-likeness (QED) is 0.454. The van der Waals surface area contributed by atoms with Crippen LogP contribution in [0.1, 0.15) is 16.1 Å². The number of ether oxygens (including phenoxy) is 3. The van der Waals surface area contributed by atoms with Gasteiger partial charge in [0.1, 0.15) is 22.9 Å². The Morgan fingerprint density at radius 3 is 2.41 bits per heavy atom. The van der Waals surface area contributed by atoms with E-state index in [0.29, 0.717) is 50.8 Å². The fraction of sp³-hybridized carbons (Fsp3) is 0.190. The highest BCUT2D eigenvalue weighted by molar-refractivity contribution is 7.10. The second kappa shape index (κ2) is 9.02. The molecule has 0 aliphatic heterocycles. The van der Waals surface area contributed by atoms with Crippen molar-refractivity contribution in [2.45, 2.75) is 6.92 Å². The molecule has 2 heterocycles. The van der Waals surface area contributed by atoms with Gasteiger partial charge in [0.25, 0.3) is 5.91 Å². The predicted molar refractivity (Wildman–Crippen MR) is 119 cm³/mol. The highest BCUT2D eigenvalue weighted by atomic mass is 32.1. The fourth-order valence-corrected chi connectivity index (χ4v) is 3.57. The third-order valence-electron chi connectivity index (χ3n) is 4.72. The summed E-state index contributed by atoms with van der Waals surface area (Å²) in [5.74, 6) is 2.02. The first-order chi connectivity index (χ1) is 15.5. The van der Waals surface area contributed by atoms with Gasteiger partial charge in [0.05, 0.1) is 27.0 Å². The molecule has 1 amide bonds. The van der Waals surface area contributed by atoms with Gasteiger partial charge < -0.3 is 14.2 Å². The molecule has 164 valence electrons. The van der Waals surface area contributed by atoms with E-state index in [1.165, 1.54) is 0 Å². The molecule has 0 saturated heterocycles. The molecule has 0 atom stereocenters. The number of amides is 1. The van der Waals surface area contributed by atoms with E-state index in [1.54, 1.807) is 68.5 Å². The molecule has 0 unspecified atom stereocenters. The van der Waals surface area contributed by atoms with Crippen LogP contribution in [0.2, 0.25) is 0 Å². The molecule has 0 spiro atoms. The Balaban J connectivity index is 1.58. The Labute approximate surface area is 187 Å². The monoisotopic (exact) mass is 452 g/mol. The molecule has 0 saturated carbocycles. The van der Waals surface area contributed by atoms with Gasteiger partial charge in [-0.15, -0.1) is 5.10 Å². The van der Waals surface area contributed by atoms with Crippen LogP contribution in [0.15, 0.2) is 42.5 Å². The third kappa shape index (κ3) is 4.10. The molecular formula is C21H20N6O4S. The van der Waals surface area contributed by atoms with Crippen LogP contribution in [-0.4, -0.2) is 51.6 Å². The number of carbonyl (C=O) groups excluding carboxylic acids is 1. The third-order valence-corrected chi connectivity index (χ3v) is 5.35. The standard InChI is InChI=1S/C21H20N6O4S/c1-12-18(24-26-27(12)16-11-15(30-3)9-10-17(16)31-4)19-22-21(32-25-19)23-20(28)13-5-7-14(29-2)8-6-13/h5-11H,1-4H3,(H,22,23,25,28). The Morgan fingerprint density at radius 2 is 1.72 bits per heavy atom. The van der Waals surface area contributed by atoms with E-state index in [-0.39, 0.29) is 5.91 Å². The summed E-state index contributed by atoms with van der Waals surface area (Å²) in [4.78, 5) is 16.9. The van der Waals surface area contributed by atoms with Crippen LogP contribution in [0.3, 0.4) is 0 Å². The molecule has 0 aliphatic rings. The first kappa shape index (κ1) is 21.2. The number of carbonyl (C=O) groups is 1. The molecule has 1 N–H and O–H groups in total. The number of hydrogen-bond acceptors (Lipinski definition) is 9. The largest absolute Gasteiger partial charge is 0.497 e. The Morgan fingerprint density at radius 1 is 1.00 bits per heavy atom. The Bertz CT molecular complexity index is 1250. The number of rotatable bonds is 7. The summed E-state index contributed by atoms with van der Waals surface area (Å²) in [5.41, 5.74) is 2.36. The number of aromatic nitrogens is 5. The minimum absolute atomic E-state index is 0.295. The molecular weight excluding hydrogens is 432 g/mol. The Kier molecular flexibility index (Phi) is 5.99. The second-order valence-electron chi connectivity index (χ2n) is 6.58. The van der Waals surface area contributed by atoms with E-state index in [0.717, 1.165) is 11.5 Å². The van der Waals surface area contributed by atoms with Gasteiger partial charge in [-0.1, -0.05) is 5.21 Å². The zero-order valence-corrected chi connectivity index (χ0v) is 18.6. The topological polar surface area (TPSA) is 113 Å². The summed E-state index contributed by atoms with van der Waals surface area (Å²) in [6.45, 7) is 1.85. The molecule has 32 heavy (non-hydrogen) atoms. The van der Waals surface area contributed by atoms with E-state index in [4.69, 9.17) is 14.2 Å². The van der Waals surface area contributed by atoms with Crippen molar-refractivity contribution in [2.75, 3.05) is 26.6 Å². The minimum Gasteiger partial charge on any atom is -0.497 e. The lowest BCUT2D eigenvalue weighted by molar-refractivity contribution is 0.102. The number of benzene rings is 2. The number of nitrogens with zero attached hydrogens (tertiary/aromatic N) is 5. The van der Waals surface area contributed by atoms with Crippen molar-refractivity contribution in [2.24, 2.45) is 0 Å². The highest BCUT2D eigenvalue weighted by Gasteiger charge is 2.20. The summed E-state index contributed by atoms with van der Waals surface area (Å²) in [7, 11) is 4.74. The van der Waals surface area contributed by atoms with E-state index in [9.17, 15) is 4.79 Å². The molecule has 0 radical (unpaired) electrons. The smallest absolute Gasteiger partial charge is 0.257 e. The van der Waals surface area contributed by atoms with Gasteiger partial charge in [-0.2, -0.15) is 9.36 Å². The van der Waals surface area contributed by atoms with Gasteiger partial charge in [-0.05, 0) is 43.3 Å². The first-order valence-corrected chi connectivity index (χ1v) is 10.3. The maximum absolute atomic E-state index is 12.5. The number of anilines is 1. The van der Waals surface area contributed by atoms with Crippen LogP contribution >= 0.6 is 11.5 Å². The van der Waals surface area contributed by atoms with Crippen molar-refractivity contribution in [3.8, 4) is 34.5 Å². The average Bonchev–Trinajstić information content (AvgIpc) is 3.44. The molecule has 0 fully saturated rings. The van der Waals surface area contributed by atoms with E-state index < -0.39 is 0 Å². The molecule has 2 aromatic heterocycles. The second-order valence-corrected chi connectivity index (χ2v) is 7.33. The SMILES string of the molecule is COc1ccc(C(=O)Nc2nc(-c3nnn(-c4cc(OC)ccc4OC)c3C)ns2)cc1. The van der Waals surface area contributed by atoms with Crippen LogP contribution in [0, 0.1) is 6.92 Å². The maximum Gasteiger partial charge on any atom is 0.257 e. The van der Waals surface area contributed by atoms with Gasteiger partial charge in [-0.3, -0.25) is 10.1 Å². The number of nitrogens with one attached hydrogen (secondary N) is 1. The van der Waals surface area contributed by atoms with Crippen LogP contribution < -0.4 is 19.5 Å². The molecule has 4 rings (SSSR count). The van der Waals surface area contributed by atoms with E-state index in [2.05, 4.69) is 25.0 Å². The van der Waals surface area contributed by atoms with Gasteiger partial charge >= 0.3 is 0 Å². The van der Waals surface area contributed by atoms with Gasteiger partial charge in [0.2, 0.25) is 5.13 Å². The van der Waals surface area contributed by atoms with Crippen LogP contribution in [-0.2, 0) is 0 Å². The van der Waals surface area contributed by atoms with Gasteiger partial charge in [0.15, 0.2) is 11.5 Å². The normalized spacial score (nSPS) is 10.6. The zero-order valence-electron chi connectivity index (χ0n) is 17.8. The first-order valence-electron chi connectivity index (χ1n) is 9.48. The van der Waals surface area contributed by atoms with Crippen molar-refractivity contribution in [3.63, 3.8) is 0 Å². The number of hydrogen-bond donors (Lipinski definition) is 1. The molecule has 2 aromatic carbocycles. The van der Waals surface area contributed by atoms with Crippen LogP contribution in [0.4, 0.5) is 5.13 Å². The molecule has 11 heteroatoms. The van der Waals surface area contributed by atoms with Crippen molar-refractivity contribution >= 4 is 22.6 Å². The lowest BCUT2D eigenvalue weighted by atomic mass is 10.2. The molecule has 0 bridgehead atoms. The van der Waals surface area contributed by atoms with Crippen molar-refractivity contribution in [3.05, 3.63) is 53.7 Å². The zero-order chi connectivity index (χ0) is 22.7. The average molecular weight is 452 g/mol. The summed E-state index contributed by atoms with van der Waals surface area (Å²) in [5, 5.41) is 11.6. The van der Waals surface area contributed by atoms with Crippen LogP contribution in [0.25, 0.3) is 17.2 Å². The summed E-state index contributed by atoms with van der Waals surface area (Å²) in [6, 6.07) is 12.2. The Hall–Kier alpha value is -3.99. The lowest BCUT2D eigenvalue weighted by Crippen LogP contribution is -2.11. The van der Waals surface area contributed by atoms with Crippen molar-refractivity contribution in [1.29, 1.82) is 0 Å². The van der Waals surface area contributed by atoms with Gasteiger partial charge in [-0.25, -0.2) is 4.68 Å². The fourth-order valence-electron chi connectivity index (χ4n) is 3.01. The lowest BCUT2D eigenvalue weighted by Gasteiger charge is -2.11. The molecule has 10 nitrogen and oxygen atoms in total. The highest BCUT2D eigenvalue weighted by Crippen LogP contribution is 2.30. The maximum atomic E-state index is 12.5. The summed E-state index contributed by atoms with van der Waals surface area (Å²) in [6.07, 6.45) is 0. The number of methoxy groups -OCH3 is 3.